The predicted molar refractivity (Wildman–Crippen MR) is 122 cm³/mol. The van der Waals surface area contributed by atoms with Crippen molar-refractivity contribution < 1.29 is 31.9 Å². The summed E-state index contributed by atoms with van der Waals surface area (Å²) in [5, 5.41) is 2.52. The van der Waals surface area contributed by atoms with Crippen molar-refractivity contribution in [1.82, 2.24) is 9.21 Å². The van der Waals surface area contributed by atoms with E-state index in [0.29, 0.717) is 31.5 Å². The quantitative estimate of drug-likeness (QED) is 0.594. The maximum Gasteiger partial charge on any atom is 0.309 e. The van der Waals surface area contributed by atoms with Crippen molar-refractivity contribution in [3.8, 4) is 0 Å². The van der Waals surface area contributed by atoms with E-state index in [4.69, 9.17) is 4.74 Å². The summed E-state index contributed by atoms with van der Waals surface area (Å²) >= 11 is 0. The number of halogens is 1. The summed E-state index contributed by atoms with van der Waals surface area (Å²) in [5.74, 6) is -2.23. The van der Waals surface area contributed by atoms with Crippen LogP contribution in [-0.2, 0) is 24.3 Å². The van der Waals surface area contributed by atoms with E-state index in [1.807, 2.05) is 0 Å². The standard InChI is InChI=1S/C23H26FN3O6S/c1-26(2)34(31,32)20-5-3-4-19(14-20)25-21(28)15-33-23(30)17-10-12-27(13-11-17)22(29)16-6-8-18(24)9-7-16/h3-9,14,17H,10-13,15H2,1-2H3,(H,25,28). The zero-order valence-electron chi connectivity index (χ0n) is 18.9. The number of rotatable bonds is 7. The van der Waals surface area contributed by atoms with Crippen molar-refractivity contribution in [3.63, 3.8) is 0 Å². The zero-order valence-corrected chi connectivity index (χ0v) is 19.7. The number of ether oxygens (including phenoxy) is 1. The average molecular weight is 492 g/mol. The molecule has 0 radical (unpaired) electrons. The Balaban J connectivity index is 1.47. The predicted octanol–water partition coefficient (Wildman–Crippen LogP) is 2.11. The molecule has 0 saturated carbocycles. The van der Waals surface area contributed by atoms with Crippen LogP contribution in [0.4, 0.5) is 10.1 Å². The second-order valence-corrected chi connectivity index (χ2v) is 10.2. The number of benzene rings is 2. The first-order valence-electron chi connectivity index (χ1n) is 10.6. The summed E-state index contributed by atoms with van der Waals surface area (Å²) in [5.41, 5.74) is 0.637. The van der Waals surface area contributed by atoms with Crippen LogP contribution >= 0.6 is 0 Å². The monoisotopic (exact) mass is 491 g/mol. The summed E-state index contributed by atoms with van der Waals surface area (Å²) in [4.78, 5) is 38.7. The Labute approximate surface area is 197 Å². The minimum Gasteiger partial charge on any atom is -0.455 e. The van der Waals surface area contributed by atoms with Crippen LogP contribution in [0.3, 0.4) is 0 Å². The zero-order chi connectivity index (χ0) is 24.9. The van der Waals surface area contributed by atoms with E-state index in [0.717, 1.165) is 4.31 Å². The molecule has 2 aromatic rings. The lowest BCUT2D eigenvalue weighted by molar-refractivity contribution is -0.152. The minimum absolute atomic E-state index is 0.0224. The second kappa shape index (κ2) is 10.7. The molecule has 2 amide bonds. The normalized spacial score (nSPS) is 14.6. The van der Waals surface area contributed by atoms with E-state index in [-0.39, 0.29) is 16.5 Å². The van der Waals surface area contributed by atoms with Crippen molar-refractivity contribution in [2.24, 2.45) is 5.92 Å². The van der Waals surface area contributed by atoms with Gasteiger partial charge in [-0.3, -0.25) is 14.4 Å². The smallest absolute Gasteiger partial charge is 0.309 e. The Morgan fingerprint density at radius 3 is 2.35 bits per heavy atom. The molecule has 1 saturated heterocycles. The Kier molecular flexibility index (Phi) is 8.00. The second-order valence-electron chi connectivity index (χ2n) is 8.04. The topological polar surface area (TPSA) is 113 Å². The van der Waals surface area contributed by atoms with Gasteiger partial charge in [0.25, 0.3) is 11.8 Å². The summed E-state index contributed by atoms with van der Waals surface area (Å²) in [7, 11) is -0.842. The lowest BCUT2D eigenvalue weighted by Gasteiger charge is -2.31. The van der Waals surface area contributed by atoms with Crippen LogP contribution in [0.2, 0.25) is 0 Å². The number of hydrogen-bond acceptors (Lipinski definition) is 6. The van der Waals surface area contributed by atoms with Crippen LogP contribution in [0.25, 0.3) is 0 Å². The molecule has 1 fully saturated rings. The molecule has 0 atom stereocenters. The van der Waals surface area contributed by atoms with Crippen molar-refractivity contribution >= 4 is 33.5 Å². The number of carbonyl (C=O) groups excluding carboxylic acids is 3. The molecule has 2 aromatic carbocycles. The third kappa shape index (κ3) is 6.17. The molecule has 1 heterocycles. The first-order valence-corrected chi connectivity index (χ1v) is 12.1. The highest BCUT2D eigenvalue weighted by molar-refractivity contribution is 7.89. The lowest BCUT2D eigenvalue weighted by Crippen LogP contribution is -2.41. The van der Waals surface area contributed by atoms with Crippen molar-refractivity contribution in [1.29, 1.82) is 0 Å². The molecule has 1 aliphatic heterocycles. The van der Waals surface area contributed by atoms with Gasteiger partial charge in [-0.25, -0.2) is 17.1 Å². The van der Waals surface area contributed by atoms with Crippen LogP contribution in [0, 0.1) is 11.7 Å². The van der Waals surface area contributed by atoms with E-state index in [1.54, 1.807) is 4.90 Å². The highest BCUT2D eigenvalue weighted by atomic mass is 32.2. The minimum atomic E-state index is -3.65. The first kappa shape index (κ1) is 25.3. The Morgan fingerprint density at radius 2 is 1.74 bits per heavy atom. The molecule has 182 valence electrons. The number of hydrogen-bond donors (Lipinski definition) is 1. The van der Waals surface area contributed by atoms with Gasteiger partial charge in [-0.1, -0.05) is 6.07 Å². The van der Waals surface area contributed by atoms with Gasteiger partial charge in [-0.05, 0) is 55.3 Å². The van der Waals surface area contributed by atoms with Gasteiger partial charge >= 0.3 is 5.97 Å². The van der Waals surface area contributed by atoms with Crippen LogP contribution in [0.1, 0.15) is 23.2 Å². The van der Waals surface area contributed by atoms with Gasteiger partial charge in [0, 0.05) is 38.4 Å². The molecule has 0 aromatic heterocycles. The molecule has 0 bridgehead atoms. The summed E-state index contributed by atoms with van der Waals surface area (Å²) < 4.78 is 43.7. The maximum absolute atomic E-state index is 13.0. The number of carbonyl (C=O) groups is 3. The molecule has 9 nitrogen and oxygen atoms in total. The third-order valence-electron chi connectivity index (χ3n) is 5.45. The Morgan fingerprint density at radius 1 is 1.09 bits per heavy atom. The van der Waals surface area contributed by atoms with Crippen LogP contribution in [0.15, 0.2) is 53.4 Å². The SMILES string of the molecule is CN(C)S(=O)(=O)c1cccc(NC(=O)COC(=O)C2CCN(C(=O)c3ccc(F)cc3)CC2)c1. The average Bonchev–Trinajstić information content (AvgIpc) is 2.82. The summed E-state index contributed by atoms with van der Waals surface area (Å²) in [6.45, 7) is 0.169. The van der Waals surface area contributed by atoms with E-state index in [9.17, 15) is 27.2 Å². The van der Waals surface area contributed by atoms with Gasteiger partial charge in [0.1, 0.15) is 5.82 Å². The largest absolute Gasteiger partial charge is 0.455 e. The summed E-state index contributed by atoms with van der Waals surface area (Å²) in [6, 6.07) is 11.0. The van der Waals surface area contributed by atoms with Gasteiger partial charge in [-0.15, -0.1) is 0 Å². The van der Waals surface area contributed by atoms with Crippen LogP contribution in [-0.4, -0.2) is 69.2 Å². The van der Waals surface area contributed by atoms with Crippen molar-refractivity contribution in [2.75, 3.05) is 39.1 Å². The van der Waals surface area contributed by atoms with Crippen molar-refractivity contribution in [3.05, 3.63) is 59.9 Å². The number of esters is 1. The van der Waals surface area contributed by atoms with Crippen molar-refractivity contribution in [2.45, 2.75) is 17.7 Å². The fourth-order valence-electron chi connectivity index (χ4n) is 3.49. The number of nitrogens with one attached hydrogen (secondary N) is 1. The first-order chi connectivity index (χ1) is 16.1. The Bertz CT molecular complexity index is 1160. The van der Waals surface area contributed by atoms with E-state index < -0.39 is 40.2 Å². The number of sulfonamides is 1. The fourth-order valence-corrected chi connectivity index (χ4v) is 4.44. The van der Waals surface area contributed by atoms with E-state index in [2.05, 4.69) is 5.32 Å². The maximum atomic E-state index is 13.0. The molecule has 11 heteroatoms. The molecule has 3 rings (SSSR count). The van der Waals surface area contributed by atoms with Gasteiger partial charge in [0.05, 0.1) is 10.8 Å². The van der Waals surface area contributed by atoms with Crippen LogP contribution < -0.4 is 5.32 Å². The molecule has 0 aliphatic carbocycles. The molecule has 0 spiro atoms. The fraction of sp³-hybridized carbons (Fsp3) is 0.348. The molecule has 1 aliphatic rings. The number of nitrogens with zero attached hydrogens (tertiary/aromatic N) is 2. The number of likely N-dealkylation sites (tertiary alicyclic amines) is 1. The summed E-state index contributed by atoms with van der Waals surface area (Å²) in [6.07, 6.45) is 0.773. The van der Waals surface area contributed by atoms with Gasteiger partial charge in [0.2, 0.25) is 10.0 Å². The van der Waals surface area contributed by atoms with Gasteiger partial charge in [0.15, 0.2) is 6.61 Å². The third-order valence-corrected chi connectivity index (χ3v) is 7.26. The molecular formula is C23H26FN3O6S. The van der Waals surface area contributed by atoms with E-state index in [1.165, 1.54) is 62.6 Å². The van der Waals surface area contributed by atoms with Crippen LogP contribution in [0.5, 0.6) is 0 Å². The van der Waals surface area contributed by atoms with Gasteiger partial charge in [-0.2, -0.15) is 0 Å². The lowest BCUT2D eigenvalue weighted by atomic mass is 9.96. The molecular weight excluding hydrogens is 465 g/mol. The molecule has 0 unspecified atom stereocenters. The van der Waals surface area contributed by atoms with Gasteiger partial charge < -0.3 is 15.0 Å². The molecule has 34 heavy (non-hydrogen) atoms. The number of anilines is 1. The number of piperidine rings is 1. The number of amides is 2. The molecule has 1 N–H and O–H groups in total. The van der Waals surface area contributed by atoms with E-state index >= 15 is 0 Å². The Hall–Kier alpha value is -3.31. The highest BCUT2D eigenvalue weighted by Crippen LogP contribution is 2.21. The highest BCUT2D eigenvalue weighted by Gasteiger charge is 2.29.